The van der Waals surface area contributed by atoms with Crippen molar-refractivity contribution < 1.29 is 19.1 Å². The first-order valence-electron chi connectivity index (χ1n) is 6.88. The van der Waals surface area contributed by atoms with Gasteiger partial charge in [-0.25, -0.2) is 4.79 Å². The molecular formula is C18H16O4. The molecule has 4 heteroatoms. The van der Waals surface area contributed by atoms with Crippen LogP contribution in [0.25, 0.3) is 11.1 Å². The van der Waals surface area contributed by atoms with Gasteiger partial charge in [0.05, 0.1) is 0 Å². The molecule has 0 aromatic heterocycles. The van der Waals surface area contributed by atoms with E-state index in [1.165, 1.54) is 6.92 Å². The molecule has 112 valence electrons. The van der Waals surface area contributed by atoms with E-state index in [9.17, 15) is 14.4 Å². The molecule has 0 aliphatic carbocycles. The van der Waals surface area contributed by atoms with Crippen LogP contribution >= 0.6 is 0 Å². The zero-order chi connectivity index (χ0) is 16.1. The molecule has 2 aromatic carbocycles. The van der Waals surface area contributed by atoms with Gasteiger partial charge in [0.2, 0.25) is 5.78 Å². The topological polar surface area (TPSA) is 60.4 Å². The van der Waals surface area contributed by atoms with Crippen molar-refractivity contribution in [1.29, 1.82) is 0 Å². The number of esters is 1. The molecule has 0 amide bonds. The average molecular weight is 296 g/mol. The fraction of sp³-hybridized carbons (Fsp3) is 0.167. The maximum absolute atomic E-state index is 11.5. The van der Waals surface area contributed by atoms with Gasteiger partial charge in [-0.05, 0) is 24.1 Å². The number of carbonyl (C=O) groups is 3. The Morgan fingerprint density at radius 3 is 2.14 bits per heavy atom. The minimum atomic E-state index is -0.888. The van der Waals surface area contributed by atoms with Crippen molar-refractivity contribution in [2.45, 2.75) is 20.3 Å². The summed E-state index contributed by atoms with van der Waals surface area (Å²) in [6.45, 7) is 2.71. The summed E-state index contributed by atoms with van der Waals surface area (Å²) in [4.78, 5) is 33.6. The first-order chi connectivity index (χ1) is 10.5. The highest BCUT2D eigenvalue weighted by Crippen LogP contribution is 2.30. The minimum Gasteiger partial charge on any atom is -0.420 e. The second-order valence-corrected chi connectivity index (χ2v) is 5.02. The number of ketones is 2. The van der Waals surface area contributed by atoms with Gasteiger partial charge in [-0.1, -0.05) is 42.5 Å². The van der Waals surface area contributed by atoms with E-state index in [-0.39, 0.29) is 5.78 Å². The molecule has 2 rings (SSSR count). The molecule has 0 heterocycles. The summed E-state index contributed by atoms with van der Waals surface area (Å²) in [6.07, 6.45) is 0.390. The van der Waals surface area contributed by atoms with Crippen molar-refractivity contribution in [3.8, 4) is 16.9 Å². The number of hydrogen-bond donors (Lipinski definition) is 0. The van der Waals surface area contributed by atoms with Gasteiger partial charge in [0.1, 0.15) is 11.5 Å². The van der Waals surface area contributed by atoms with Crippen LogP contribution in [0, 0.1) is 0 Å². The summed E-state index contributed by atoms with van der Waals surface area (Å²) in [5, 5.41) is 0. The van der Waals surface area contributed by atoms with Crippen molar-refractivity contribution in [2.24, 2.45) is 0 Å². The van der Waals surface area contributed by atoms with Gasteiger partial charge < -0.3 is 4.74 Å². The van der Waals surface area contributed by atoms with E-state index in [0.717, 1.165) is 11.1 Å². The number of para-hydroxylation sites is 1. The number of carbonyl (C=O) groups excluding carboxylic acids is 3. The van der Waals surface area contributed by atoms with E-state index in [0.29, 0.717) is 17.7 Å². The summed E-state index contributed by atoms with van der Waals surface area (Å²) in [7, 11) is 0. The fourth-order valence-electron chi connectivity index (χ4n) is 2.06. The first-order valence-corrected chi connectivity index (χ1v) is 6.88. The van der Waals surface area contributed by atoms with Crippen molar-refractivity contribution >= 4 is 17.5 Å². The van der Waals surface area contributed by atoms with Crippen molar-refractivity contribution in [3.05, 3.63) is 54.1 Å². The Labute approximate surface area is 128 Å². The zero-order valence-electron chi connectivity index (χ0n) is 12.5. The first kappa shape index (κ1) is 15.6. The highest BCUT2D eigenvalue weighted by atomic mass is 16.5. The summed E-state index contributed by atoms with van der Waals surface area (Å²) >= 11 is 0. The molecular weight excluding hydrogens is 280 g/mol. The second-order valence-electron chi connectivity index (χ2n) is 5.02. The van der Waals surface area contributed by atoms with Crippen LogP contribution in [0.15, 0.2) is 48.5 Å². The van der Waals surface area contributed by atoms with Crippen molar-refractivity contribution in [3.63, 3.8) is 0 Å². The monoisotopic (exact) mass is 296 g/mol. The van der Waals surface area contributed by atoms with E-state index in [1.807, 2.05) is 36.4 Å². The number of Topliss-reactive ketones (excluding diaryl/α,β-unsaturated/α-hetero) is 2. The molecule has 0 unspecified atom stereocenters. The molecule has 0 aliphatic rings. The third-order valence-corrected chi connectivity index (χ3v) is 3.10. The zero-order valence-corrected chi connectivity index (χ0v) is 12.5. The number of benzene rings is 2. The van der Waals surface area contributed by atoms with E-state index in [4.69, 9.17) is 4.74 Å². The molecule has 0 spiro atoms. The molecule has 0 aliphatic heterocycles. The molecule has 2 aromatic rings. The molecule has 0 radical (unpaired) electrons. The molecule has 22 heavy (non-hydrogen) atoms. The Hall–Kier alpha value is -2.75. The van der Waals surface area contributed by atoms with Crippen LogP contribution in [0.4, 0.5) is 0 Å². The van der Waals surface area contributed by atoms with Gasteiger partial charge in [0.25, 0.3) is 0 Å². The lowest BCUT2D eigenvalue weighted by Crippen LogP contribution is -2.17. The van der Waals surface area contributed by atoms with Crippen LogP contribution in [-0.4, -0.2) is 17.5 Å². The molecule has 0 N–H and O–H groups in total. The smallest absolute Gasteiger partial charge is 0.379 e. The average Bonchev–Trinajstić information content (AvgIpc) is 2.48. The van der Waals surface area contributed by atoms with Crippen LogP contribution in [0.3, 0.4) is 0 Å². The van der Waals surface area contributed by atoms with Gasteiger partial charge in [-0.3, -0.25) is 9.59 Å². The lowest BCUT2D eigenvalue weighted by Gasteiger charge is -2.09. The van der Waals surface area contributed by atoms with E-state index in [1.54, 1.807) is 19.1 Å². The summed E-state index contributed by atoms with van der Waals surface area (Å²) in [5.41, 5.74) is 2.49. The second kappa shape index (κ2) is 6.80. The minimum absolute atomic E-state index is 0.100. The van der Waals surface area contributed by atoms with Crippen LogP contribution in [0.5, 0.6) is 5.75 Å². The standard InChI is InChI=1S/C18H16O4/c1-12(19)11-14-7-9-15(10-8-14)16-5-3-4-6-17(16)22-18(21)13(2)20/h3-10H,11H2,1-2H3. The number of hydrogen-bond acceptors (Lipinski definition) is 4. The van der Waals surface area contributed by atoms with Crippen molar-refractivity contribution in [1.82, 2.24) is 0 Å². The summed E-state index contributed by atoms with van der Waals surface area (Å²) in [6, 6.07) is 14.4. The predicted molar refractivity (Wildman–Crippen MR) is 82.6 cm³/mol. The van der Waals surface area contributed by atoms with Crippen LogP contribution in [0.2, 0.25) is 0 Å². The lowest BCUT2D eigenvalue weighted by atomic mass is 10.0. The lowest BCUT2D eigenvalue weighted by molar-refractivity contribution is -0.146. The third-order valence-electron chi connectivity index (χ3n) is 3.10. The van der Waals surface area contributed by atoms with Gasteiger partial charge in [0, 0.05) is 18.9 Å². The van der Waals surface area contributed by atoms with Crippen LogP contribution < -0.4 is 4.74 Å². The van der Waals surface area contributed by atoms with Gasteiger partial charge in [0.15, 0.2) is 0 Å². The normalized spacial score (nSPS) is 10.1. The fourth-order valence-corrected chi connectivity index (χ4v) is 2.06. The third kappa shape index (κ3) is 3.88. The predicted octanol–water partition coefficient (Wildman–Crippen LogP) is 2.98. The highest BCUT2D eigenvalue weighted by Gasteiger charge is 2.14. The van der Waals surface area contributed by atoms with Gasteiger partial charge in [-0.2, -0.15) is 0 Å². The SMILES string of the molecule is CC(=O)Cc1ccc(-c2ccccc2OC(=O)C(C)=O)cc1. The van der Waals surface area contributed by atoms with Gasteiger partial charge >= 0.3 is 5.97 Å². The molecule has 0 saturated carbocycles. The number of ether oxygens (including phenoxy) is 1. The quantitative estimate of drug-likeness (QED) is 0.483. The Kier molecular flexibility index (Phi) is 4.84. The Morgan fingerprint density at radius 2 is 1.55 bits per heavy atom. The summed E-state index contributed by atoms with van der Waals surface area (Å²) < 4.78 is 5.11. The molecule has 4 nitrogen and oxygen atoms in total. The van der Waals surface area contributed by atoms with E-state index < -0.39 is 11.8 Å². The van der Waals surface area contributed by atoms with Gasteiger partial charge in [-0.15, -0.1) is 0 Å². The summed E-state index contributed by atoms with van der Waals surface area (Å²) in [5.74, 6) is -1.10. The van der Waals surface area contributed by atoms with Crippen LogP contribution in [0.1, 0.15) is 19.4 Å². The van der Waals surface area contributed by atoms with E-state index in [2.05, 4.69) is 0 Å². The van der Waals surface area contributed by atoms with Crippen molar-refractivity contribution in [2.75, 3.05) is 0 Å². The highest BCUT2D eigenvalue weighted by molar-refractivity contribution is 6.33. The molecule has 0 bridgehead atoms. The van der Waals surface area contributed by atoms with E-state index >= 15 is 0 Å². The number of rotatable bonds is 5. The maximum Gasteiger partial charge on any atom is 0.379 e. The Balaban J connectivity index is 2.30. The molecule has 0 fully saturated rings. The largest absolute Gasteiger partial charge is 0.420 e. The molecule has 0 saturated heterocycles. The van der Waals surface area contributed by atoms with Crippen LogP contribution in [-0.2, 0) is 20.8 Å². The Bertz CT molecular complexity index is 714. The Morgan fingerprint density at radius 1 is 0.909 bits per heavy atom. The maximum atomic E-state index is 11.5. The molecule has 0 atom stereocenters.